The van der Waals surface area contributed by atoms with Crippen molar-refractivity contribution in [2.45, 2.75) is 23.7 Å². The molecule has 0 atom stereocenters. The van der Waals surface area contributed by atoms with Gasteiger partial charge in [0.15, 0.2) is 5.82 Å². The molecule has 0 aromatic carbocycles. The first-order chi connectivity index (χ1) is 8.17. The van der Waals surface area contributed by atoms with Gasteiger partial charge in [-0.2, -0.15) is 11.3 Å². The van der Waals surface area contributed by atoms with E-state index in [0.29, 0.717) is 11.7 Å². The van der Waals surface area contributed by atoms with Crippen LogP contribution in [-0.4, -0.2) is 13.6 Å². The Bertz CT molecular complexity index is 612. The van der Waals surface area contributed by atoms with Gasteiger partial charge in [-0.05, 0) is 30.2 Å². The van der Waals surface area contributed by atoms with Crippen molar-refractivity contribution < 1.29 is 12.9 Å². The van der Waals surface area contributed by atoms with E-state index in [4.69, 9.17) is 4.52 Å². The fourth-order valence-electron chi connectivity index (χ4n) is 1.60. The maximum atomic E-state index is 12.0. The highest BCUT2D eigenvalue weighted by Gasteiger charge is 2.30. The Labute approximate surface area is 102 Å². The molecule has 17 heavy (non-hydrogen) atoms. The summed E-state index contributed by atoms with van der Waals surface area (Å²) in [4.78, 5) is 0.257. The molecule has 1 aliphatic rings. The average molecular weight is 270 g/mol. The van der Waals surface area contributed by atoms with E-state index < -0.39 is 10.0 Å². The van der Waals surface area contributed by atoms with Crippen molar-refractivity contribution >= 4 is 27.2 Å². The maximum Gasteiger partial charge on any atom is 0.263 e. The van der Waals surface area contributed by atoms with Crippen LogP contribution in [0.4, 0.5) is 5.82 Å². The minimum absolute atomic E-state index is 0.257. The molecule has 1 saturated carbocycles. The molecular formula is C10H10N2O3S2. The molecule has 0 amide bonds. The van der Waals surface area contributed by atoms with Gasteiger partial charge in [-0.3, -0.25) is 4.72 Å². The summed E-state index contributed by atoms with van der Waals surface area (Å²) < 4.78 is 31.2. The molecule has 0 saturated heterocycles. The van der Waals surface area contributed by atoms with Gasteiger partial charge in [0.1, 0.15) is 6.26 Å². The lowest BCUT2D eigenvalue weighted by Gasteiger charge is -2.04. The summed E-state index contributed by atoms with van der Waals surface area (Å²) >= 11 is 1.34. The van der Waals surface area contributed by atoms with Gasteiger partial charge in [0.2, 0.25) is 0 Å². The van der Waals surface area contributed by atoms with E-state index in [1.165, 1.54) is 17.6 Å². The lowest BCUT2D eigenvalue weighted by Crippen LogP contribution is -2.13. The molecular weight excluding hydrogens is 260 g/mol. The predicted molar refractivity (Wildman–Crippen MR) is 63.6 cm³/mol. The van der Waals surface area contributed by atoms with E-state index in [2.05, 4.69) is 9.88 Å². The van der Waals surface area contributed by atoms with E-state index in [0.717, 1.165) is 18.4 Å². The van der Waals surface area contributed by atoms with Crippen molar-refractivity contribution in [3.8, 4) is 0 Å². The fraction of sp³-hybridized carbons (Fsp3) is 0.300. The SMILES string of the molecule is O=S(=O)(Nc1nocc1C1CC1)c1ccsc1. The van der Waals surface area contributed by atoms with Gasteiger partial charge in [0.05, 0.1) is 4.90 Å². The molecule has 7 heteroatoms. The zero-order chi connectivity index (χ0) is 11.9. The number of anilines is 1. The van der Waals surface area contributed by atoms with Gasteiger partial charge < -0.3 is 4.52 Å². The first kappa shape index (κ1) is 10.8. The van der Waals surface area contributed by atoms with Crippen LogP contribution in [0.3, 0.4) is 0 Å². The molecule has 90 valence electrons. The monoisotopic (exact) mass is 270 g/mol. The molecule has 3 rings (SSSR count). The van der Waals surface area contributed by atoms with E-state index in [9.17, 15) is 8.42 Å². The summed E-state index contributed by atoms with van der Waals surface area (Å²) in [5.74, 6) is 0.708. The Kier molecular flexibility index (Phi) is 2.44. The molecule has 1 fully saturated rings. The number of thiophene rings is 1. The summed E-state index contributed by atoms with van der Waals surface area (Å²) in [6.07, 6.45) is 3.64. The number of hydrogen-bond acceptors (Lipinski definition) is 5. The highest BCUT2D eigenvalue weighted by molar-refractivity contribution is 7.92. The Morgan fingerprint density at radius 3 is 2.94 bits per heavy atom. The first-order valence-corrected chi connectivity index (χ1v) is 7.59. The minimum atomic E-state index is -3.53. The quantitative estimate of drug-likeness (QED) is 0.926. The molecule has 0 aliphatic heterocycles. The summed E-state index contributed by atoms with van der Waals surface area (Å²) in [5.41, 5.74) is 0.851. The van der Waals surface area contributed by atoms with Gasteiger partial charge in [0.25, 0.3) is 10.0 Å². The normalized spacial score (nSPS) is 16.0. The fourth-order valence-corrected chi connectivity index (χ4v) is 3.65. The third-order valence-corrected chi connectivity index (χ3v) is 4.82. The predicted octanol–water partition coefficient (Wildman–Crippen LogP) is 2.41. The first-order valence-electron chi connectivity index (χ1n) is 5.16. The second-order valence-corrected chi connectivity index (χ2v) is 6.42. The molecule has 0 spiro atoms. The van der Waals surface area contributed by atoms with Crippen molar-refractivity contribution in [3.63, 3.8) is 0 Å². The molecule has 1 aliphatic carbocycles. The van der Waals surface area contributed by atoms with Crippen LogP contribution in [0.15, 0.2) is 32.5 Å². The highest BCUT2D eigenvalue weighted by atomic mass is 32.2. The number of hydrogen-bond donors (Lipinski definition) is 1. The Balaban J connectivity index is 1.89. The number of rotatable bonds is 4. The number of sulfonamides is 1. The maximum absolute atomic E-state index is 12.0. The summed E-state index contributed by atoms with van der Waals surface area (Å²) in [5, 5.41) is 7.01. The minimum Gasteiger partial charge on any atom is -0.362 e. The van der Waals surface area contributed by atoms with Gasteiger partial charge in [-0.25, -0.2) is 8.42 Å². The van der Waals surface area contributed by atoms with Crippen molar-refractivity contribution in [2.75, 3.05) is 4.72 Å². The molecule has 2 heterocycles. The van der Waals surface area contributed by atoms with Crippen LogP contribution in [-0.2, 0) is 10.0 Å². The van der Waals surface area contributed by atoms with E-state index >= 15 is 0 Å². The summed E-state index contributed by atoms with van der Waals surface area (Å²) in [7, 11) is -3.53. The zero-order valence-corrected chi connectivity index (χ0v) is 10.4. The molecule has 1 N–H and O–H groups in total. The molecule has 2 aromatic heterocycles. The van der Waals surface area contributed by atoms with Gasteiger partial charge in [-0.15, -0.1) is 0 Å². The number of aromatic nitrogens is 1. The molecule has 0 unspecified atom stereocenters. The lowest BCUT2D eigenvalue weighted by atomic mass is 10.2. The Hall–Kier alpha value is -1.34. The van der Waals surface area contributed by atoms with E-state index in [1.54, 1.807) is 16.8 Å². The van der Waals surface area contributed by atoms with Crippen molar-refractivity contribution in [1.82, 2.24) is 5.16 Å². The van der Waals surface area contributed by atoms with Crippen LogP contribution in [0.25, 0.3) is 0 Å². The third-order valence-electron chi connectivity index (χ3n) is 2.65. The largest absolute Gasteiger partial charge is 0.362 e. The van der Waals surface area contributed by atoms with Crippen LogP contribution in [0, 0.1) is 0 Å². The lowest BCUT2D eigenvalue weighted by molar-refractivity contribution is 0.422. The standard InChI is InChI=1S/C10H10N2O3S2/c13-17(14,8-3-4-16-6-8)12-10-9(5-15-11-10)7-1-2-7/h3-7H,1-2H2,(H,11,12). The van der Waals surface area contributed by atoms with Crippen LogP contribution in [0.5, 0.6) is 0 Å². The van der Waals surface area contributed by atoms with Crippen molar-refractivity contribution in [1.29, 1.82) is 0 Å². The van der Waals surface area contributed by atoms with Crippen LogP contribution < -0.4 is 4.72 Å². The molecule has 0 radical (unpaired) electrons. The second-order valence-electron chi connectivity index (χ2n) is 3.96. The smallest absolute Gasteiger partial charge is 0.263 e. The van der Waals surface area contributed by atoms with Crippen LogP contribution >= 0.6 is 11.3 Å². The second kappa shape index (κ2) is 3.85. The number of nitrogens with zero attached hydrogens (tertiary/aromatic N) is 1. The van der Waals surface area contributed by atoms with Gasteiger partial charge >= 0.3 is 0 Å². The number of nitrogens with one attached hydrogen (secondary N) is 1. The van der Waals surface area contributed by atoms with Crippen LogP contribution in [0.1, 0.15) is 24.3 Å². The topological polar surface area (TPSA) is 72.2 Å². The third kappa shape index (κ3) is 2.07. The van der Waals surface area contributed by atoms with E-state index in [1.807, 2.05) is 0 Å². The van der Waals surface area contributed by atoms with Gasteiger partial charge in [-0.1, -0.05) is 5.16 Å². The van der Waals surface area contributed by atoms with E-state index in [-0.39, 0.29) is 4.90 Å². The van der Waals surface area contributed by atoms with Crippen LogP contribution in [0.2, 0.25) is 0 Å². The summed E-state index contributed by atoms with van der Waals surface area (Å²) in [6.45, 7) is 0. The molecule has 0 bridgehead atoms. The zero-order valence-electron chi connectivity index (χ0n) is 8.79. The molecule has 5 nitrogen and oxygen atoms in total. The van der Waals surface area contributed by atoms with Crippen molar-refractivity contribution in [2.24, 2.45) is 0 Å². The Morgan fingerprint density at radius 1 is 1.47 bits per heavy atom. The highest BCUT2D eigenvalue weighted by Crippen LogP contribution is 2.43. The van der Waals surface area contributed by atoms with Gasteiger partial charge in [0, 0.05) is 10.9 Å². The Morgan fingerprint density at radius 2 is 2.29 bits per heavy atom. The average Bonchev–Trinajstić information content (AvgIpc) is 2.82. The van der Waals surface area contributed by atoms with Crippen molar-refractivity contribution in [3.05, 3.63) is 28.7 Å². The molecule has 2 aromatic rings. The summed E-state index contributed by atoms with van der Waals surface area (Å²) in [6, 6.07) is 1.56.